The monoisotopic (exact) mass is 377 g/mol. The van der Waals surface area contributed by atoms with Crippen molar-refractivity contribution in [3.05, 3.63) is 20.8 Å². The minimum absolute atomic E-state index is 0. The first-order valence-corrected chi connectivity index (χ1v) is 8.12. The van der Waals surface area contributed by atoms with Crippen LogP contribution in [0.25, 0.3) is 0 Å². The maximum absolute atomic E-state index is 3.72. The van der Waals surface area contributed by atoms with Crippen molar-refractivity contribution in [2.24, 2.45) is 0 Å². The van der Waals surface area contributed by atoms with Gasteiger partial charge < -0.3 is 0 Å². The number of unbranched alkanes of at least 4 members (excludes halogenated alkanes) is 9. The Morgan fingerprint density at radius 3 is 0.789 bits per heavy atom. The van der Waals surface area contributed by atoms with E-state index in [4.69, 9.17) is 0 Å². The van der Waals surface area contributed by atoms with Crippen molar-refractivity contribution in [1.29, 1.82) is 0 Å². The van der Waals surface area contributed by atoms with Crippen LogP contribution in [0.3, 0.4) is 0 Å². The van der Waals surface area contributed by atoms with Crippen LogP contribution >= 0.6 is 0 Å². The SMILES string of the molecule is [CH2]CCCCC.[CH2]CCCCC.[CH2]CCCCC.[HH].[Sn]. The van der Waals surface area contributed by atoms with Gasteiger partial charge in [-0.1, -0.05) is 119 Å². The molecule has 0 saturated carbocycles. The number of hydrogen-bond donors (Lipinski definition) is 0. The summed E-state index contributed by atoms with van der Waals surface area (Å²) < 4.78 is 0. The maximum Gasteiger partial charge on any atom is 0 e. The third-order valence-corrected chi connectivity index (χ3v) is 2.56. The predicted octanol–water partition coefficient (Wildman–Crippen LogP) is 7.07. The van der Waals surface area contributed by atoms with Crippen LogP contribution in [0.5, 0.6) is 0 Å². The fourth-order valence-electron chi connectivity index (χ4n) is 1.28. The van der Waals surface area contributed by atoms with Crippen molar-refractivity contribution in [2.45, 2.75) is 97.8 Å². The first-order valence-electron chi connectivity index (χ1n) is 8.12. The van der Waals surface area contributed by atoms with Crippen molar-refractivity contribution >= 4 is 23.9 Å². The summed E-state index contributed by atoms with van der Waals surface area (Å²) in [7, 11) is 0. The first kappa shape index (κ1) is 28.0. The molecule has 0 aliphatic carbocycles. The minimum Gasteiger partial charge on any atom is -0.0654 e. The van der Waals surface area contributed by atoms with Gasteiger partial charge in [0.15, 0.2) is 0 Å². The number of hydrogen-bond acceptors (Lipinski definition) is 0. The molecule has 0 heterocycles. The largest absolute Gasteiger partial charge is 0.0654 e. The van der Waals surface area contributed by atoms with Crippen LogP contribution in [-0.2, 0) is 0 Å². The second kappa shape index (κ2) is 36.4. The quantitative estimate of drug-likeness (QED) is 0.298. The minimum atomic E-state index is 0. The fourth-order valence-corrected chi connectivity index (χ4v) is 1.28. The molecule has 0 atom stereocenters. The summed E-state index contributed by atoms with van der Waals surface area (Å²) in [6, 6.07) is 0. The van der Waals surface area contributed by atoms with Crippen molar-refractivity contribution in [2.75, 3.05) is 0 Å². The van der Waals surface area contributed by atoms with E-state index < -0.39 is 0 Å². The topological polar surface area (TPSA) is 0 Å². The van der Waals surface area contributed by atoms with Crippen molar-refractivity contribution in [3.8, 4) is 0 Å². The summed E-state index contributed by atoms with van der Waals surface area (Å²) in [5.41, 5.74) is 0. The van der Waals surface area contributed by atoms with Gasteiger partial charge in [0, 0.05) is 25.3 Å². The second-order valence-corrected chi connectivity index (χ2v) is 4.68. The molecule has 0 nitrogen and oxygen atoms in total. The fraction of sp³-hybridized carbons (Fsp3) is 0.833. The Kier molecular flexibility index (Phi) is 53.6. The normalized spacial score (nSPS) is 8.53. The van der Waals surface area contributed by atoms with Crippen LogP contribution in [-0.4, -0.2) is 23.9 Å². The standard InChI is InChI=1S/3C6H13.Sn.H2/c3*1-3-5-6-4-2;;/h3*1,3-6H2,2H3;;1H. The summed E-state index contributed by atoms with van der Waals surface area (Å²) in [5.74, 6) is 0. The van der Waals surface area contributed by atoms with Gasteiger partial charge in [0.05, 0.1) is 0 Å². The van der Waals surface area contributed by atoms with Gasteiger partial charge >= 0.3 is 0 Å². The van der Waals surface area contributed by atoms with Gasteiger partial charge in [0.25, 0.3) is 0 Å². The van der Waals surface area contributed by atoms with Gasteiger partial charge in [-0.3, -0.25) is 0 Å². The van der Waals surface area contributed by atoms with Crippen LogP contribution in [0.2, 0.25) is 0 Å². The Morgan fingerprint density at radius 2 is 0.737 bits per heavy atom. The molecular formula is C18H41Sn. The van der Waals surface area contributed by atoms with E-state index in [1.54, 1.807) is 0 Å². The van der Waals surface area contributed by atoms with Crippen molar-refractivity contribution < 1.29 is 1.43 Å². The van der Waals surface area contributed by atoms with Crippen LogP contribution in [0.4, 0.5) is 0 Å². The van der Waals surface area contributed by atoms with Crippen molar-refractivity contribution in [1.82, 2.24) is 0 Å². The summed E-state index contributed by atoms with van der Waals surface area (Å²) in [6.45, 7) is 17.8. The van der Waals surface area contributed by atoms with E-state index in [0.29, 0.717) is 0 Å². The van der Waals surface area contributed by atoms with E-state index >= 15 is 0 Å². The van der Waals surface area contributed by atoms with Gasteiger partial charge in [-0.25, -0.2) is 0 Å². The molecule has 117 valence electrons. The van der Waals surface area contributed by atoms with Gasteiger partial charge in [0.1, 0.15) is 0 Å². The van der Waals surface area contributed by atoms with Gasteiger partial charge in [-0.15, -0.1) is 0 Å². The van der Waals surface area contributed by atoms with Crippen LogP contribution in [0.15, 0.2) is 0 Å². The third-order valence-electron chi connectivity index (χ3n) is 2.56. The van der Waals surface area contributed by atoms with E-state index in [-0.39, 0.29) is 25.3 Å². The van der Waals surface area contributed by atoms with Gasteiger partial charge in [-0.05, 0) is 0 Å². The Labute approximate surface area is 144 Å². The van der Waals surface area contributed by atoms with Gasteiger partial charge in [-0.2, -0.15) is 0 Å². The van der Waals surface area contributed by atoms with Crippen LogP contribution in [0.1, 0.15) is 99.2 Å². The van der Waals surface area contributed by atoms with Crippen LogP contribution in [0, 0.1) is 20.8 Å². The van der Waals surface area contributed by atoms with E-state index in [0.717, 1.165) is 19.3 Å². The van der Waals surface area contributed by atoms with E-state index in [1.165, 1.54) is 57.8 Å². The maximum atomic E-state index is 3.72. The second-order valence-electron chi connectivity index (χ2n) is 4.68. The Hall–Kier alpha value is 0.799. The molecule has 0 saturated heterocycles. The molecule has 0 aromatic carbocycles. The summed E-state index contributed by atoms with van der Waals surface area (Å²) in [6.07, 6.45) is 15.2. The molecule has 0 amide bonds. The zero-order valence-electron chi connectivity index (χ0n) is 14.1. The molecule has 0 bridgehead atoms. The summed E-state index contributed by atoms with van der Waals surface area (Å²) in [4.78, 5) is 0. The number of rotatable bonds is 9. The van der Waals surface area contributed by atoms with Crippen molar-refractivity contribution in [3.63, 3.8) is 0 Å². The molecule has 0 aromatic rings. The molecule has 7 radical (unpaired) electrons. The molecule has 19 heavy (non-hydrogen) atoms. The molecule has 0 unspecified atom stereocenters. The molecule has 0 spiro atoms. The smallest absolute Gasteiger partial charge is 0 e. The Morgan fingerprint density at radius 1 is 0.526 bits per heavy atom. The average Bonchev–Trinajstić information content (AvgIpc) is 2.42. The molecular weight excluding hydrogens is 335 g/mol. The van der Waals surface area contributed by atoms with E-state index in [9.17, 15) is 0 Å². The molecule has 0 aromatic heterocycles. The molecule has 0 aliphatic rings. The molecule has 0 rings (SSSR count). The Balaban J connectivity index is -0.0000000536. The zero-order valence-corrected chi connectivity index (χ0v) is 17.0. The van der Waals surface area contributed by atoms with E-state index in [1.807, 2.05) is 0 Å². The average molecular weight is 376 g/mol. The predicted molar refractivity (Wildman–Crippen MR) is 96.4 cm³/mol. The zero-order chi connectivity index (χ0) is 14.5. The van der Waals surface area contributed by atoms with Crippen LogP contribution < -0.4 is 0 Å². The molecule has 0 fully saturated rings. The summed E-state index contributed by atoms with van der Waals surface area (Å²) >= 11 is 0. The first-order chi connectivity index (χ1) is 8.74. The third kappa shape index (κ3) is 55.3. The van der Waals surface area contributed by atoms with Gasteiger partial charge in [0.2, 0.25) is 0 Å². The summed E-state index contributed by atoms with van der Waals surface area (Å²) in [5, 5.41) is 0. The molecule has 1 heteroatoms. The molecule has 0 aliphatic heterocycles. The van der Waals surface area contributed by atoms with E-state index in [2.05, 4.69) is 41.5 Å². The molecule has 0 N–H and O–H groups in total. The Bertz CT molecular complexity index is 66.4.